The van der Waals surface area contributed by atoms with E-state index in [4.69, 9.17) is 4.74 Å². The highest BCUT2D eigenvalue weighted by Crippen LogP contribution is 2.28. The second kappa shape index (κ2) is 8.41. The molecule has 3 rings (SSSR count). The van der Waals surface area contributed by atoms with Crippen LogP contribution in [-0.2, 0) is 16.0 Å². The van der Waals surface area contributed by atoms with Gasteiger partial charge in [-0.25, -0.2) is 4.98 Å². The molecule has 0 aliphatic carbocycles. The zero-order valence-electron chi connectivity index (χ0n) is 14.9. The highest BCUT2D eigenvalue weighted by atomic mass is 32.1. The van der Waals surface area contributed by atoms with Crippen molar-refractivity contribution in [2.24, 2.45) is 0 Å². The number of amides is 2. The number of methoxy groups -OCH3 is 1. The summed E-state index contributed by atoms with van der Waals surface area (Å²) >= 11 is 1.44. The Bertz CT molecular complexity index is 957. The minimum Gasteiger partial charge on any atom is -0.495 e. The van der Waals surface area contributed by atoms with E-state index in [-0.39, 0.29) is 18.2 Å². The molecule has 2 aromatic heterocycles. The molecule has 0 atom stereocenters. The van der Waals surface area contributed by atoms with E-state index in [2.05, 4.69) is 20.6 Å². The van der Waals surface area contributed by atoms with E-state index in [1.807, 2.05) is 23.6 Å². The maximum absolute atomic E-state index is 12.4. The van der Waals surface area contributed by atoms with Crippen LogP contribution in [0.15, 0.2) is 48.0 Å². The first-order chi connectivity index (χ1) is 13.0. The quantitative estimate of drug-likeness (QED) is 0.682. The summed E-state index contributed by atoms with van der Waals surface area (Å²) in [5.74, 6) is 0.0815. The van der Waals surface area contributed by atoms with Crippen molar-refractivity contribution in [3.8, 4) is 16.5 Å². The fourth-order valence-corrected chi connectivity index (χ4v) is 3.24. The van der Waals surface area contributed by atoms with Crippen molar-refractivity contribution >= 4 is 34.5 Å². The van der Waals surface area contributed by atoms with Crippen molar-refractivity contribution in [2.75, 3.05) is 17.7 Å². The molecule has 7 nitrogen and oxygen atoms in total. The van der Waals surface area contributed by atoms with Crippen molar-refractivity contribution in [1.29, 1.82) is 0 Å². The first-order valence-corrected chi connectivity index (χ1v) is 9.04. The average molecular weight is 382 g/mol. The highest BCUT2D eigenvalue weighted by molar-refractivity contribution is 7.13. The Morgan fingerprint density at radius 3 is 2.74 bits per heavy atom. The summed E-state index contributed by atoms with van der Waals surface area (Å²) in [6.07, 6.45) is 1.83. The lowest BCUT2D eigenvalue weighted by atomic mass is 10.2. The molecule has 0 saturated heterocycles. The predicted octanol–water partition coefficient (Wildman–Crippen LogP) is 3.35. The van der Waals surface area contributed by atoms with Crippen molar-refractivity contribution in [3.05, 3.63) is 53.7 Å². The maximum atomic E-state index is 12.4. The van der Waals surface area contributed by atoms with Gasteiger partial charge in [-0.15, -0.1) is 11.3 Å². The molecule has 2 heterocycles. The molecular formula is C19H18N4O3S. The molecule has 0 fully saturated rings. The number of carbonyl (C=O) groups is 2. The second-order valence-electron chi connectivity index (χ2n) is 5.68. The third-order valence-corrected chi connectivity index (χ3v) is 4.48. The zero-order valence-corrected chi connectivity index (χ0v) is 15.7. The van der Waals surface area contributed by atoms with E-state index in [0.29, 0.717) is 22.8 Å². The summed E-state index contributed by atoms with van der Waals surface area (Å²) in [6, 6.07) is 10.6. The SMILES string of the molecule is COc1ccc(NC(C)=O)cc1NC(=O)Cc1csc(-c2ccccn2)n1. The molecule has 0 spiro atoms. The number of pyridine rings is 1. The Morgan fingerprint density at radius 1 is 1.19 bits per heavy atom. The Morgan fingerprint density at radius 2 is 2.04 bits per heavy atom. The Kier molecular flexibility index (Phi) is 5.77. The van der Waals surface area contributed by atoms with Crippen LogP contribution in [0.3, 0.4) is 0 Å². The molecular weight excluding hydrogens is 364 g/mol. The molecule has 0 bridgehead atoms. The van der Waals surface area contributed by atoms with Crippen LogP contribution in [0.5, 0.6) is 5.75 Å². The van der Waals surface area contributed by atoms with E-state index in [9.17, 15) is 9.59 Å². The van der Waals surface area contributed by atoms with Crippen molar-refractivity contribution in [2.45, 2.75) is 13.3 Å². The lowest BCUT2D eigenvalue weighted by molar-refractivity contribution is -0.116. The van der Waals surface area contributed by atoms with Crippen molar-refractivity contribution < 1.29 is 14.3 Å². The first-order valence-electron chi connectivity index (χ1n) is 8.16. The summed E-state index contributed by atoms with van der Waals surface area (Å²) < 4.78 is 5.27. The zero-order chi connectivity index (χ0) is 19.2. The number of hydrogen-bond donors (Lipinski definition) is 2. The summed E-state index contributed by atoms with van der Waals surface area (Å²) in [7, 11) is 1.52. The number of benzene rings is 1. The van der Waals surface area contributed by atoms with E-state index >= 15 is 0 Å². The standard InChI is InChI=1S/C19H18N4O3S/c1-12(24)21-13-6-7-17(26-2)16(9-13)23-18(25)10-14-11-27-19(22-14)15-5-3-4-8-20-15/h3-9,11H,10H2,1-2H3,(H,21,24)(H,23,25). The number of carbonyl (C=O) groups excluding carboxylic acids is 2. The van der Waals surface area contributed by atoms with Crippen LogP contribution < -0.4 is 15.4 Å². The summed E-state index contributed by atoms with van der Waals surface area (Å²) in [4.78, 5) is 32.4. The van der Waals surface area contributed by atoms with Gasteiger partial charge in [0.2, 0.25) is 11.8 Å². The van der Waals surface area contributed by atoms with E-state index in [0.717, 1.165) is 10.7 Å². The Balaban J connectivity index is 1.71. The van der Waals surface area contributed by atoms with Gasteiger partial charge in [-0.05, 0) is 30.3 Å². The van der Waals surface area contributed by atoms with Gasteiger partial charge in [0.15, 0.2) is 0 Å². The monoisotopic (exact) mass is 382 g/mol. The van der Waals surface area contributed by atoms with Crippen LogP contribution >= 0.6 is 11.3 Å². The fourth-order valence-electron chi connectivity index (χ4n) is 2.44. The summed E-state index contributed by atoms with van der Waals surface area (Å²) in [5, 5.41) is 8.09. The normalized spacial score (nSPS) is 10.3. The van der Waals surface area contributed by atoms with Gasteiger partial charge in [-0.2, -0.15) is 0 Å². The van der Waals surface area contributed by atoms with E-state index in [1.54, 1.807) is 24.4 Å². The summed E-state index contributed by atoms with van der Waals surface area (Å²) in [6.45, 7) is 1.42. The molecule has 0 radical (unpaired) electrons. The van der Waals surface area contributed by atoms with Gasteiger partial charge < -0.3 is 15.4 Å². The molecule has 2 amide bonds. The number of nitrogens with one attached hydrogen (secondary N) is 2. The number of anilines is 2. The topological polar surface area (TPSA) is 93.2 Å². The van der Waals surface area contributed by atoms with Crippen LogP contribution in [0, 0.1) is 0 Å². The molecule has 1 aromatic carbocycles. The molecule has 0 aliphatic rings. The molecule has 8 heteroatoms. The van der Waals surface area contributed by atoms with E-state index in [1.165, 1.54) is 25.4 Å². The number of rotatable bonds is 6. The molecule has 27 heavy (non-hydrogen) atoms. The van der Waals surface area contributed by atoms with Crippen LogP contribution in [-0.4, -0.2) is 28.9 Å². The number of nitrogens with zero attached hydrogens (tertiary/aromatic N) is 2. The number of aromatic nitrogens is 2. The van der Waals surface area contributed by atoms with Gasteiger partial charge in [0, 0.05) is 24.2 Å². The highest BCUT2D eigenvalue weighted by Gasteiger charge is 2.13. The van der Waals surface area contributed by atoms with Crippen molar-refractivity contribution in [3.63, 3.8) is 0 Å². The van der Waals surface area contributed by atoms with Gasteiger partial charge in [0.25, 0.3) is 0 Å². The maximum Gasteiger partial charge on any atom is 0.230 e. The Labute approximate surface area is 160 Å². The molecule has 3 aromatic rings. The first kappa shape index (κ1) is 18.5. The molecule has 138 valence electrons. The van der Waals surface area contributed by atoms with E-state index < -0.39 is 0 Å². The molecule has 0 saturated carbocycles. The minimum atomic E-state index is -0.230. The molecule has 2 N–H and O–H groups in total. The Hall–Kier alpha value is -3.26. The largest absolute Gasteiger partial charge is 0.495 e. The third-order valence-electron chi connectivity index (χ3n) is 3.57. The number of thiazole rings is 1. The third kappa shape index (κ3) is 4.89. The van der Waals surface area contributed by atoms with Gasteiger partial charge in [0.05, 0.1) is 30.6 Å². The predicted molar refractivity (Wildman–Crippen MR) is 105 cm³/mol. The van der Waals surface area contributed by atoms with Gasteiger partial charge in [-0.3, -0.25) is 14.6 Å². The summed E-state index contributed by atoms with van der Waals surface area (Å²) in [5.41, 5.74) is 2.49. The lowest BCUT2D eigenvalue weighted by Crippen LogP contribution is -2.15. The fraction of sp³-hybridized carbons (Fsp3) is 0.158. The molecule has 0 aliphatic heterocycles. The second-order valence-corrected chi connectivity index (χ2v) is 6.54. The number of hydrogen-bond acceptors (Lipinski definition) is 6. The lowest BCUT2D eigenvalue weighted by Gasteiger charge is -2.12. The average Bonchev–Trinajstić information content (AvgIpc) is 3.10. The van der Waals surface area contributed by atoms with Crippen molar-refractivity contribution in [1.82, 2.24) is 9.97 Å². The number of ether oxygens (including phenoxy) is 1. The van der Waals surface area contributed by atoms with Gasteiger partial charge in [-0.1, -0.05) is 6.07 Å². The molecule has 0 unspecified atom stereocenters. The van der Waals surface area contributed by atoms with Crippen LogP contribution in [0.25, 0.3) is 10.7 Å². The minimum absolute atomic E-state index is 0.122. The van der Waals surface area contributed by atoms with Crippen LogP contribution in [0.2, 0.25) is 0 Å². The van der Waals surface area contributed by atoms with Crippen LogP contribution in [0.4, 0.5) is 11.4 Å². The smallest absolute Gasteiger partial charge is 0.230 e. The van der Waals surface area contributed by atoms with Gasteiger partial charge >= 0.3 is 0 Å². The van der Waals surface area contributed by atoms with Crippen LogP contribution in [0.1, 0.15) is 12.6 Å². The van der Waals surface area contributed by atoms with Gasteiger partial charge in [0.1, 0.15) is 10.8 Å².